The summed E-state index contributed by atoms with van der Waals surface area (Å²) in [4.78, 5) is 33.9. The molecule has 1 aromatic rings. The average molecular weight is 303 g/mol. The molecular weight excluding hydrogens is 286 g/mol. The lowest BCUT2D eigenvalue weighted by molar-refractivity contribution is -0.140. The van der Waals surface area contributed by atoms with Crippen molar-refractivity contribution in [1.29, 1.82) is 0 Å². The molecule has 1 aliphatic rings. The van der Waals surface area contributed by atoms with Gasteiger partial charge in [0.25, 0.3) is 0 Å². The summed E-state index contributed by atoms with van der Waals surface area (Å²) in [6.45, 7) is 5.24. The van der Waals surface area contributed by atoms with Crippen LogP contribution in [0.1, 0.15) is 12.5 Å². The first-order valence-corrected chi connectivity index (χ1v) is 6.84. The highest BCUT2D eigenvalue weighted by atomic mass is 16.7. The summed E-state index contributed by atoms with van der Waals surface area (Å²) < 4.78 is 10.1. The van der Waals surface area contributed by atoms with Crippen LogP contribution < -0.4 is 5.32 Å². The van der Waals surface area contributed by atoms with Gasteiger partial charge in [0.2, 0.25) is 5.91 Å². The maximum atomic E-state index is 11.7. The number of ether oxygens (including phenoxy) is 2. The number of β-lactam (4-membered cyclic amide) rings is 1. The van der Waals surface area contributed by atoms with Crippen LogP contribution in [-0.2, 0) is 25.7 Å². The Hall–Kier alpha value is -2.63. The third-order valence-electron chi connectivity index (χ3n) is 3.50. The summed E-state index contributed by atoms with van der Waals surface area (Å²) in [6.07, 6.45) is -0.984. The molecule has 0 aliphatic carbocycles. The van der Waals surface area contributed by atoms with Gasteiger partial charge in [0.1, 0.15) is 19.0 Å². The third kappa shape index (κ3) is 3.52. The van der Waals surface area contributed by atoms with Crippen molar-refractivity contribution >= 4 is 18.3 Å². The molecule has 1 unspecified atom stereocenters. The maximum Gasteiger partial charge on any atom is 0.508 e. The van der Waals surface area contributed by atoms with Gasteiger partial charge in [0, 0.05) is 5.57 Å². The Balaban J connectivity index is 1.84. The summed E-state index contributed by atoms with van der Waals surface area (Å²) in [5.41, 5.74) is 1.08. The zero-order valence-corrected chi connectivity index (χ0v) is 12.2. The lowest BCUT2D eigenvalue weighted by Gasteiger charge is -2.39. The Labute approximate surface area is 128 Å². The second kappa shape index (κ2) is 6.89. The molecule has 1 aromatic carbocycles. The van der Waals surface area contributed by atoms with E-state index in [1.165, 1.54) is 0 Å². The van der Waals surface area contributed by atoms with Crippen LogP contribution in [0.5, 0.6) is 0 Å². The number of carbonyl (C=O) groups excluding carboxylic acids is 3. The van der Waals surface area contributed by atoms with Gasteiger partial charge in [-0.25, -0.2) is 4.79 Å². The molecule has 1 amide bonds. The predicted molar refractivity (Wildman–Crippen MR) is 77.8 cm³/mol. The van der Waals surface area contributed by atoms with Gasteiger partial charge in [-0.05, 0) is 12.5 Å². The van der Waals surface area contributed by atoms with Gasteiger partial charge < -0.3 is 14.8 Å². The van der Waals surface area contributed by atoms with E-state index in [-0.39, 0.29) is 18.1 Å². The van der Waals surface area contributed by atoms with Crippen LogP contribution >= 0.6 is 0 Å². The van der Waals surface area contributed by atoms with Crippen LogP contribution in [0.25, 0.3) is 0 Å². The quantitative estimate of drug-likeness (QED) is 0.373. The zero-order chi connectivity index (χ0) is 16.1. The van der Waals surface area contributed by atoms with E-state index < -0.39 is 24.2 Å². The first-order valence-electron chi connectivity index (χ1n) is 6.84. The lowest BCUT2D eigenvalue weighted by atomic mass is 9.82. The SMILES string of the molecule is C=C(C=O)[C@H]1NC(=O)[C@@H]1C(C)OC(=O)OCc1ccccc1. The number of hydrogen-bond donors (Lipinski definition) is 1. The molecule has 116 valence electrons. The number of rotatable bonds is 6. The molecule has 0 aromatic heterocycles. The molecule has 6 nitrogen and oxygen atoms in total. The molecule has 0 radical (unpaired) electrons. The Bertz CT molecular complexity index is 583. The number of nitrogens with one attached hydrogen (secondary N) is 1. The van der Waals surface area contributed by atoms with Crippen LogP contribution in [-0.4, -0.2) is 30.5 Å². The van der Waals surface area contributed by atoms with Crippen LogP contribution in [0.4, 0.5) is 4.79 Å². The first kappa shape index (κ1) is 15.8. The number of carbonyl (C=O) groups is 3. The fourth-order valence-electron chi connectivity index (χ4n) is 2.25. The number of hydrogen-bond acceptors (Lipinski definition) is 5. The smallest absolute Gasteiger partial charge is 0.430 e. The highest BCUT2D eigenvalue weighted by Crippen LogP contribution is 2.25. The summed E-state index contributed by atoms with van der Waals surface area (Å²) in [5, 5.41) is 2.55. The molecule has 1 N–H and O–H groups in total. The Morgan fingerprint density at radius 1 is 1.41 bits per heavy atom. The molecule has 0 bridgehead atoms. The van der Waals surface area contributed by atoms with Crippen molar-refractivity contribution in [1.82, 2.24) is 5.32 Å². The fourth-order valence-corrected chi connectivity index (χ4v) is 2.25. The molecule has 1 fully saturated rings. The molecule has 0 spiro atoms. The Kier molecular flexibility index (Phi) is 4.93. The van der Waals surface area contributed by atoms with Gasteiger partial charge in [0.15, 0.2) is 0 Å². The second-order valence-electron chi connectivity index (χ2n) is 5.05. The van der Waals surface area contributed by atoms with Crippen LogP contribution in [0, 0.1) is 5.92 Å². The van der Waals surface area contributed by atoms with Crippen LogP contribution in [0.15, 0.2) is 42.5 Å². The van der Waals surface area contributed by atoms with Gasteiger partial charge in [0.05, 0.1) is 12.0 Å². The summed E-state index contributed by atoms with van der Waals surface area (Å²) in [7, 11) is 0. The van der Waals surface area contributed by atoms with E-state index in [1.54, 1.807) is 6.92 Å². The van der Waals surface area contributed by atoms with Crippen molar-refractivity contribution in [2.24, 2.45) is 5.92 Å². The Morgan fingerprint density at radius 3 is 2.68 bits per heavy atom. The topological polar surface area (TPSA) is 81.7 Å². The standard InChI is InChI=1S/C16H17NO5/c1-10(8-18)14-13(15(19)17-14)11(2)22-16(20)21-9-12-6-4-3-5-7-12/h3-8,11,13-14H,1,9H2,2H3,(H,17,19)/t11?,13-,14-/m1/s1. The minimum atomic E-state index is -0.855. The molecular formula is C16H17NO5. The Morgan fingerprint density at radius 2 is 2.09 bits per heavy atom. The van der Waals surface area contributed by atoms with Crippen molar-refractivity contribution in [3.8, 4) is 0 Å². The molecule has 6 heteroatoms. The van der Waals surface area contributed by atoms with E-state index in [0.717, 1.165) is 5.56 Å². The molecule has 1 saturated heterocycles. The van der Waals surface area contributed by atoms with Gasteiger partial charge in [-0.1, -0.05) is 36.9 Å². The predicted octanol–water partition coefficient (Wildman–Crippen LogP) is 1.60. The van der Waals surface area contributed by atoms with E-state index >= 15 is 0 Å². The van der Waals surface area contributed by atoms with E-state index in [1.807, 2.05) is 30.3 Å². The molecule has 0 saturated carbocycles. The molecule has 2 rings (SSSR count). The van der Waals surface area contributed by atoms with Crippen LogP contribution in [0.3, 0.4) is 0 Å². The molecule has 3 atom stereocenters. The van der Waals surface area contributed by atoms with E-state index in [2.05, 4.69) is 11.9 Å². The number of benzene rings is 1. The molecule has 1 heterocycles. The monoisotopic (exact) mass is 303 g/mol. The average Bonchev–Trinajstić information content (AvgIpc) is 2.50. The zero-order valence-electron chi connectivity index (χ0n) is 12.2. The van der Waals surface area contributed by atoms with Crippen molar-refractivity contribution in [3.05, 3.63) is 48.0 Å². The van der Waals surface area contributed by atoms with Gasteiger partial charge >= 0.3 is 6.16 Å². The van der Waals surface area contributed by atoms with Crippen molar-refractivity contribution < 1.29 is 23.9 Å². The normalized spacial score (nSPS) is 21.0. The highest BCUT2D eigenvalue weighted by Gasteiger charge is 2.46. The molecule has 22 heavy (non-hydrogen) atoms. The van der Waals surface area contributed by atoms with Gasteiger partial charge in [-0.15, -0.1) is 0 Å². The second-order valence-corrected chi connectivity index (χ2v) is 5.05. The number of amides is 1. The highest BCUT2D eigenvalue weighted by molar-refractivity contribution is 5.91. The lowest BCUT2D eigenvalue weighted by Crippen LogP contribution is -2.63. The van der Waals surface area contributed by atoms with E-state index in [0.29, 0.717) is 6.29 Å². The minimum Gasteiger partial charge on any atom is -0.430 e. The largest absolute Gasteiger partial charge is 0.508 e. The summed E-state index contributed by atoms with van der Waals surface area (Å²) >= 11 is 0. The summed E-state index contributed by atoms with van der Waals surface area (Å²) in [6, 6.07) is 8.67. The van der Waals surface area contributed by atoms with Crippen LogP contribution in [0.2, 0.25) is 0 Å². The van der Waals surface area contributed by atoms with Crippen molar-refractivity contribution in [3.63, 3.8) is 0 Å². The van der Waals surface area contributed by atoms with E-state index in [4.69, 9.17) is 9.47 Å². The first-order chi connectivity index (χ1) is 10.5. The van der Waals surface area contributed by atoms with E-state index in [9.17, 15) is 14.4 Å². The van der Waals surface area contributed by atoms with Gasteiger partial charge in [-0.2, -0.15) is 0 Å². The molecule has 1 aliphatic heterocycles. The fraction of sp³-hybridized carbons (Fsp3) is 0.312. The van der Waals surface area contributed by atoms with Crippen molar-refractivity contribution in [2.45, 2.75) is 25.7 Å². The number of aldehydes is 1. The summed E-state index contributed by atoms with van der Waals surface area (Å²) in [5.74, 6) is -0.904. The minimum absolute atomic E-state index is 0.0910. The van der Waals surface area contributed by atoms with Crippen molar-refractivity contribution in [2.75, 3.05) is 0 Å². The third-order valence-corrected chi connectivity index (χ3v) is 3.50. The maximum absolute atomic E-state index is 11.7. The van der Waals surface area contributed by atoms with Gasteiger partial charge in [-0.3, -0.25) is 9.59 Å².